The van der Waals surface area contributed by atoms with Gasteiger partial charge in [0.2, 0.25) is 0 Å². The molecule has 0 aromatic heterocycles. The number of carboxylic acids is 2. The number of carbonyl (C=O) groups is 2. The molecule has 0 rings (SSSR count). The standard InChI is InChI=1S/C6H12N2O4.2ClH.K.Ru/c9-5(10)3-7-1-2-8-4-6(11)12;;;;/h7-8H,1-4H2,(H,9,10)(H,11,12);2*1H;;/q;;;2*+1/p-2. The molecule has 4 N–H and O–H groups in total. The summed E-state index contributed by atoms with van der Waals surface area (Å²) < 4.78 is 0. The van der Waals surface area contributed by atoms with Crippen LogP contribution in [-0.4, -0.2) is 48.3 Å². The molecule has 0 amide bonds. The maximum Gasteiger partial charge on any atom is 1.00 e. The van der Waals surface area contributed by atoms with E-state index in [4.69, 9.17) is 29.6 Å². The van der Waals surface area contributed by atoms with Gasteiger partial charge in [0.05, 0.1) is 13.1 Å². The monoisotopic (exact) mass is 387 g/mol. The first-order chi connectivity index (χ1) is 7.04. The summed E-state index contributed by atoms with van der Waals surface area (Å²) in [6.07, 6.45) is 0. The molecule has 0 spiro atoms. The minimum Gasteiger partial charge on any atom is 1.00 e. The van der Waals surface area contributed by atoms with Gasteiger partial charge >= 0.3 is 97.9 Å². The number of rotatable bonds is 7. The third kappa shape index (κ3) is 29.6. The fourth-order valence-corrected chi connectivity index (χ4v) is 0.567. The molecule has 0 aliphatic carbocycles. The van der Waals surface area contributed by atoms with E-state index in [0.717, 1.165) is 0 Å². The Morgan fingerprint density at radius 2 is 1.25 bits per heavy atom. The predicted molar refractivity (Wildman–Crippen MR) is 52.7 cm³/mol. The molecule has 0 radical (unpaired) electrons. The van der Waals surface area contributed by atoms with Crippen molar-refractivity contribution in [2.45, 2.75) is 0 Å². The summed E-state index contributed by atoms with van der Waals surface area (Å²) in [7, 11) is 9.71. The van der Waals surface area contributed by atoms with Gasteiger partial charge in [-0.3, -0.25) is 9.59 Å². The maximum atomic E-state index is 9.96. The second-order valence-electron chi connectivity index (χ2n) is 2.19. The fraction of sp³-hybridized carbons (Fsp3) is 0.667. The smallest absolute Gasteiger partial charge is 1.00 e. The molecule has 0 bridgehead atoms. The van der Waals surface area contributed by atoms with Crippen molar-refractivity contribution in [3.63, 3.8) is 0 Å². The van der Waals surface area contributed by atoms with Gasteiger partial charge in [0.1, 0.15) is 0 Å². The number of hydrogen-bond donors (Lipinski definition) is 4. The summed E-state index contributed by atoms with van der Waals surface area (Å²) in [4.78, 5) is 19.9. The minimum atomic E-state index is -0.923. The Hall–Kier alpha value is 1.70. The Morgan fingerprint density at radius 3 is 1.44 bits per heavy atom. The van der Waals surface area contributed by atoms with Gasteiger partial charge in [0, 0.05) is 13.1 Å². The van der Waals surface area contributed by atoms with E-state index in [0.29, 0.717) is 13.1 Å². The predicted octanol–water partition coefficient (Wildman–Crippen LogP) is -3.28. The zero-order chi connectivity index (χ0) is 12.1. The average Bonchev–Trinajstić information content (AvgIpc) is 2.11. The van der Waals surface area contributed by atoms with E-state index >= 15 is 0 Å². The van der Waals surface area contributed by atoms with E-state index in [1.54, 1.807) is 0 Å². The Labute approximate surface area is 152 Å². The summed E-state index contributed by atoms with van der Waals surface area (Å²) in [6, 6.07) is 0. The Balaban J connectivity index is -0.000000377. The van der Waals surface area contributed by atoms with Crippen molar-refractivity contribution in [2.24, 2.45) is 0 Å². The van der Waals surface area contributed by atoms with E-state index in [9.17, 15) is 9.59 Å². The largest absolute Gasteiger partial charge is 1.00 e. The van der Waals surface area contributed by atoms with Gasteiger partial charge < -0.3 is 20.8 Å². The van der Waals surface area contributed by atoms with Crippen molar-refractivity contribution < 1.29 is 86.3 Å². The van der Waals surface area contributed by atoms with E-state index < -0.39 is 11.9 Å². The van der Waals surface area contributed by atoms with Crippen LogP contribution in [-0.2, 0) is 24.7 Å². The Kier molecular flexibility index (Phi) is 27.2. The van der Waals surface area contributed by atoms with E-state index in [1.807, 2.05) is 0 Å². The van der Waals surface area contributed by atoms with Crippen LogP contribution < -0.4 is 62.0 Å². The van der Waals surface area contributed by atoms with Crippen molar-refractivity contribution >= 4 is 31.3 Å². The van der Waals surface area contributed by atoms with Gasteiger partial charge in [-0.25, -0.2) is 0 Å². The molecule has 0 aliphatic heterocycles. The van der Waals surface area contributed by atoms with Crippen LogP contribution in [0.15, 0.2) is 0 Å². The second kappa shape index (κ2) is 19.0. The molecular formula is C6H12Cl2KN2O4Ru. The van der Waals surface area contributed by atoms with Gasteiger partial charge in [-0.2, -0.15) is 0 Å². The quantitative estimate of drug-likeness (QED) is 0.270. The number of aliphatic carboxylic acids is 2. The molecule has 10 heteroatoms. The normalized spacial score (nSPS) is 8.62. The van der Waals surface area contributed by atoms with Gasteiger partial charge in [0.25, 0.3) is 0 Å². The van der Waals surface area contributed by atoms with Gasteiger partial charge in [-0.1, -0.05) is 0 Å². The molecule has 93 valence electrons. The van der Waals surface area contributed by atoms with Crippen molar-refractivity contribution in [1.29, 1.82) is 0 Å². The van der Waals surface area contributed by atoms with Crippen LogP contribution in [0.5, 0.6) is 0 Å². The molecule has 0 aliphatic rings. The molecule has 0 heterocycles. The summed E-state index contributed by atoms with van der Waals surface area (Å²) in [5.74, 6) is -1.85. The minimum absolute atomic E-state index is 0. The summed E-state index contributed by atoms with van der Waals surface area (Å²) in [6.45, 7) is 0.683. The molecule has 16 heavy (non-hydrogen) atoms. The zero-order valence-corrected chi connectivity index (χ0v) is 15.0. The first-order valence-corrected chi connectivity index (χ1v) is 8.22. The Morgan fingerprint density at radius 1 is 1.00 bits per heavy atom. The maximum absolute atomic E-state index is 9.96. The first kappa shape index (κ1) is 22.8. The van der Waals surface area contributed by atoms with Crippen molar-refractivity contribution in [1.82, 2.24) is 10.6 Å². The third-order valence-electron chi connectivity index (χ3n) is 1.03. The van der Waals surface area contributed by atoms with Crippen molar-refractivity contribution in [2.75, 3.05) is 26.2 Å². The molecule has 6 nitrogen and oxygen atoms in total. The zero-order valence-electron chi connectivity index (χ0n) is 8.65. The first-order valence-electron chi connectivity index (χ1n) is 3.74. The van der Waals surface area contributed by atoms with Crippen LogP contribution in [0, 0.1) is 0 Å². The van der Waals surface area contributed by atoms with Gasteiger partial charge in [0.15, 0.2) is 0 Å². The molecule has 0 aromatic rings. The third-order valence-corrected chi connectivity index (χ3v) is 1.03. The number of nitrogens with one attached hydrogen (secondary N) is 2. The van der Waals surface area contributed by atoms with Crippen LogP contribution in [0.25, 0.3) is 0 Å². The summed E-state index contributed by atoms with van der Waals surface area (Å²) in [5.41, 5.74) is 0. The van der Waals surface area contributed by atoms with Crippen LogP contribution >= 0.6 is 19.4 Å². The molecule has 0 unspecified atom stereocenters. The van der Waals surface area contributed by atoms with E-state index in [-0.39, 0.29) is 79.6 Å². The SMILES string of the molecule is O=C(O)CNCCNCC(=O)O.[Cl][Ru-][Cl].[K+]. The number of halogens is 2. The van der Waals surface area contributed by atoms with Crippen LogP contribution in [0.4, 0.5) is 0 Å². The summed E-state index contributed by atoms with van der Waals surface area (Å²) >= 11 is -0.346. The number of hydrogen-bond acceptors (Lipinski definition) is 4. The topological polar surface area (TPSA) is 98.7 Å². The van der Waals surface area contributed by atoms with Crippen LogP contribution in [0.1, 0.15) is 0 Å². The summed E-state index contributed by atoms with van der Waals surface area (Å²) in [5, 5.41) is 21.6. The molecule has 0 atom stereocenters. The van der Waals surface area contributed by atoms with Crippen molar-refractivity contribution in [3.05, 3.63) is 0 Å². The molecule has 0 fully saturated rings. The molecular weight excluding hydrogens is 375 g/mol. The van der Waals surface area contributed by atoms with E-state index in [1.165, 1.54) is 0 Å². The van der Waals surface area contributed by atoms with Crippen molar-refractivity contribution in [3.8, 4) is 0 Å². The van der Waals surface area contributed by atoms with Crippen LogP contribution in [0.3, 0.4) is 0 Å². The Bertz CT molecular complexity index is 172. The number of carboxylic acid groups (broad SMARTS) is 2. The van der Waals surface area contributed by atoms with Crippen LogP contribution in [0.2, 0.25) is 0 Å². The molecule has 0 saturated carbocycles. The average molecular weight is 387 g/mol. The second-order valence-corrected chi connectivity index (χ2v) is 4.83. The van der Waals surface area contributed by atoms with Gasteiger partial charge in [-0.05, 0) is 0 Å². The van der Waals surface area contributed by atoms with Gasteiger partial charge in [-0.15, -0.1) is 0 Å². The molecule has 0 saturated heterocycles. The van der Waals surface area contributed by atoms with E-state index in [2.05, 4.69) is 10.6 Å². The fourth-order valence-electron chi connectivity index (χ4n) is 0.567. The molecule has 0 aromatic carbocycles.